The number of esters is 2. The number of aliphatic hydroxyl groups is 1. The fourth-order valence-corrected chi connectivity index (χ4v) is 3.69. The summed E-state index contributed by atoms with van der Waals surface area (Å²) < 4.78 is 28.2. The Kier molecular flexibility index (Phi) is 12.0. The first-order valence-corrected chi connectivity index (χ1v) is 10.5. The normalized spacial score (nSPS) is 16.0. The molecule has 0 radical (unpaired) electrons. The van der Waals surface area contributed by atoms with E-state index in [1.165, 1.54) is 6.92 Å². The van der Waals surface area contributed by atoms with Crippen molar-refractivity contribution in [3.8, 4) is 0 Å². The van der Waals surface area contributed by atoms with Crippen LogP contribution in [0.25, 0.3) is 0 Å². The summed E-state index contributed by atoms with van der Waals surface area (Å²) in [5, 5.41) is 9.20. The molecule has 0 saturated heterocycles. The monoisotopic (exact) mass is 366 g/mol. The lowest BCUT2D eigenvalue weighted by Gasteiger charge is -2.22. The number of hydrogen-bond donors (Lipinski definition) is 1. The standard InChI is InChI=1S/C16H31O7P/c1-5-7-10-24(20,6-2)22-12-15(11-21-14(4)18)23-16(19)9-8-13(3)17/h13,15,17H,5-12H2,1-4H3/t13?,15-,24?/m0/s1. The van der Waals surface area contributed by atoms with Crippen molar-refractivity contribution in [1.82, 2.24) is 0 Å². The third-order valence-electron chi connectivity index (χ3n) is 3.37. The first kappa shape index (κ1) is 23.1. The number of unbranched alkanes of at least 4 members (excludes halogenated alkanes) is 1. The van der Waals surface area contributed by atoms with E-state index in [9.17, 15) is 19.3 Å². The molecule has 8 heteroatoms. The molecule has 0 aliphatic heterocycles. The summed E-state index contributed by atoms with van der Waals surface area (Å²) in [5.74, 6) is -1.01. The minimum absolute atomic E-state index is 0.0511. The van der Waals surface area contributed by atoms with E-state index in [-0.39, 0.29) is 26.1 Å². The molecule has 0 fully saturated rings. The van der Waals surface area contributed by atoms with Crippen LogP contribution in [0.4, 0.5) is 0 Å². The van der Waals surface area contributed by atoms with E-state index in [1.54, 1.807) is 13.8 Å². The van der Waals surface area contributed by atoms with Gasteiger partial charge in [0.15, 0.2) is 6.10 Å². The molecule has 3 atom stereocenters. The van der Waals surface area contributed by atoms with E-state index in [4.69, 9.17) is 14.0 Å². The summed E-state index contributed by atoms with van der Waals surface area (Å²) in [5.41, 5.74) is 0. The molecule has 7 nitrogen and oxygen atoms in total. The maximum absolute atomic E-state index is 12.6. The second-order valence-corrected chi connectivity index (χ2v) is 8.77. The van der Waals surface area contributed by atoms with Gasteiger partial charge in [-0.2, -0.15) is 0 Å². The number of ether oxygens (including phenoxy) is 2. The van der Waals surface area contributed by atoms with Gasteiger partial charge < -0.3 is 19.1 Å². The molecule has 0 amide bonds. The second kappa shape index (κ2) is 12.5. The zero-order valence-electron chi connectivity index (χ0n) is 15.2. The van der Waals surface area contributed by atoms with Crippen molar-refractivity contribution in [1.29, 1.82) is 0 Å². The predicted molar refractivity (Wildman–Crippen MR) is 91.3 cm³/mol. The minimum atomic E-state index is -2.76. The predicted octanol–water partition coefficient (Wildman–Crippen LogP) is 2.74. The van der Waals surface area contributed by atoms with Crippen molar-refractivity contribution < 1.29 is 33.3 Å². The molecule has 0 aromatic rings. The zero-order valence-corrected chi connectivity index (χ0v) is 16.0. The number of aliphatic hydroxyl groups excluding tert-OH is 1. The fourth-order valence-electron chi connectivity index (χ4n) is 1.83. The minimum Gasteiger partial charge on any atom is -0.462 e. The van der Waals surface area contributed by atoms with Gasteiger partial charge in [0.05, 0.1) is 12.7 Å². The van der Waals surface area contributed by atoms with Crippen LogP contribution >= 0.6 is 7.37 Å². The topological polar surface area (TPSA) is 99.1 Å². The van der Waals surface area contributed by atoms with Gasteiger partial charge in [0.2, 0.25) is 7.37 Å². The van der Waals surface area contributed by atoms with Crippen molar-refractivity contribution in [3.63, 3.8) is 0 Å². The van der Waals surface area contributed by atoms with E-state index in [1.807, 2.05) is 6.92 Å². The molecule has 0 bridgehead atoms. The van der Waals surface area contributed by atoms with Gasteiger partial charge in [-0.05, 0) is 19.8 Å². The molecule has 24 heavy (non-hydrogen) atoms. The summed E-state index contributed by atoms with van der Waals surface area (Å²) in [4.78, 5) is 22.7. The highest BCUT2D eigenvalue weighted by molar-refractivity contribution is 7.58. The molecule has 0 rings (SSSR count). The van der Waals surface area contributed by atoms with Crippen LogP contribution in [0.2, 0.25) is 0 Å². The molecule has 0 heterocycles. The summed E-state index contributed by atoms with van der Waals surface area (Å²) >= 11 is 0. The van der Waals surface area contributed by atoms with Crippen molar-refractivity contribution >= 4 is 19.3 Å². The van der Waals surface area contributed by atoms with Gasteiger partial charge >= 0.3 is 11.9 Å². The number of carbonyl (C=O) groups excluding carboxylic acids is 2. The highest BCUT2D eigenvalue weighted by Crippen LogP contribution is 2.47. The van der Waals surface area contributed by atoms with Crippen LogP contribution in [-0.4, -0.2) is 54.8 Å². The average molecular weight is 366 g/mol. The van der Waals surface area contributed by atoms with Crippen LogP contribution in [0.5, 0.6) is 0 Å². The van der Waals surface area contributed by atoms with Gasteiger partial charge in [0.1, 0.15) is 6.61 Å². The Balaban J connectivity index is 4.60. The van der Waals surface area contributed by atoms with Crippen molar-refractivity contribution in [2.24, 2.45) is 0 Å². The second-order valence-electron chi connectivity index (χ2n) is 5.81. The summed E-state index contributed by atoms with van der Waals surface area (Å²) in [7, 11) is -2.76. The quantitative estimate of drug-likeness (QED) is 0.395. The number of rotatable bonds is 13. The van der Waals surface area contributed by atoms with Crippen LogP contribution in [-0.2, 0) is 28.2 Å². The maximum atomic E-state index is 12.6. The van der Waals surface area contributed by atoms with Gasteiger partial charge in [-0.25, -0.2) is 0 Å². The van der Waals surface area contributed by atoms with Crippen LogP contribution in [0.15, 0.2) is 0 Å². The molecule has 0 saturated carbocycles. The first-order valence-electron chi connectivity index (χ1n) is 8.46. The van der Waals surface area contributed by atoms with E-state index in [0.717, 1.165) is 12.8 Å². The van der Waals surface area contributed by atoms with Crippen LogP contribution < -0.4 is 0 Å². The van der Waals surface area contributed by atoms with Gasteiger partial charge in [-0.1, -0.05) is 20.3 Å². The van der Waals surface area contributed by atoms with E-state index < -0.39 is 31.5 Å². The molecule has 1 N–H and O–H groups in total. The zero-order chi connectivity index (χ0) is 18.6. The Bertz CT molecular complexity index is 423. The molecule has 0 aliphatic rings. The van der Waals surface area contributed by atoms with E-state index in [0.29, 0.717) is 12.3 Å². The Morgan fingerprint density at radius 1 is 1.21 bits per heavy atom. The molecule has 0 aromatic carbocycles. The highest BCUT2D eigenvalue weighted by Gasteiger charge is 2.24. The van der Waals surface area contributed by atoms with Crippen LogP contribution in [0.1, 0.15) is 53.4 Å². The smallest absolute Gasteiger partial charge is 0.306 e. The van der Waals surface area contributed by atoms with Gasteiger partial charge in [-0.3, -0.25) is 14.2 Å². The van der Waals surface area contributed by atoms with Crippen LogP contribution in [0.3, 0.4) is 0 Å². The van der Waals surface area contributed by atoms with Crippen molar-refractivity contribution in [3.05, 3.63) is 0 Å². The Morgan fingerprint density at radius 2 is 1.88 bits per heavy atom. The lowest BCUT2D eigenvalue weighted by atomic mass is 10.2. The van der Waals surface area contributed by atoms with Gasteiger partial charge in [-0.15, -0.1) is 0 Å². The SMILES string of the molecule is CCCCP(=O)(CC)OC[C@H](COC(C)=O)OC(=O)CCC(C)O. The van der Waals surface area contributed by atoms with E-state index in [2.05, 4.69) is 0 Å². The largest absolute Gasteiger partial charge is 0.462 e. The summed E-state index contributed by atoms with van der Waals surface area (Å²) in [6.07, 6.45) is 1.53. The highest BCUT2D eigenvalue weighted by atomic mass is 31.2. The molecular formula is C16H31O7P. The Hall–Kier alpha value is -0.910. The van der Waals surface area contributed by atoms with E-state index >= 15 is 0 Å². The molecule has 142 valence electrons. The van der Waals surface area contributed by atoms with Gasteiger partial charge in [0.25, 0.3) is 0 Å². The molecular weight excluding hydrogens is 335 g/mol. The molecule has 2 unspecified atom stereocenters. The lowest BCUT2D eigenvalue weighted by Crippen LogP contribution is -2.29. The summed E-state index contributed by atoms with van der Waals surface area (Å²) in [6, 6.07) is 0. The van der Waals surface area contributed by atoms with Crippen LogP contribution in [0, 0.1) is 0 Å². The molecule has 0 aliphatic carbocycles. The lowest BCUT2D eigenvalue weighted by molar-refractivity contribution is -0.160. The van der Waals surface area contributed by atoms with Crippen molar-refractivity contribution in [2.45, 2.75) is 65.6 Å². The van der Waals surface area contributed by atoms with Gasteiger partial charge in [0, 0.05) is 25.7 Å². The Labute approximate surface area is 144 Å². The maximum Gasteiger partial charge on any atom is 0.306 e. The number of hydrogen-bond acceptors (Lipinski definition) is 7. The summed E-state index contributed by atoms with van der Waals surface area (Å²) in [6.45, 7) is 6.42. The third kappa shape index (κ3) is 11.6. The molecule has 0 aromatic heterocycles. The van der Waals surface area contributed by atoms with Crippen molar-refractivity contribution in [2.75, 3.05) is 25.5 Å². The Morgan fingerprint density at radius 3 is 2.38 bits per heavy atom. The molecule has 0 spiro atoms. The first-order chi connectivity index (χ1) is 11.2. The average Bonchev–Trinajstić information content (AvgIpc) is 2.53. The number of carbonyl (C=O) groups is 2. The fraction of sp³-hybridized carbons (Fsp3) is 0.875. The third-order valence-corrected chi connectivity index (χ3v) is 5.95.